The van der Waals surface area contributed by atoms with Crippen LogP contribution in [0.4, 0.5) is 5.13 Å². The van der Waals surface area contributed by atoms with Crippen LogP contribution in [0.25, 0.3) is 0 Å². The fourth-order valence-electron chi connectivity index (χ4n) is 3.11. The Morgan fingerprint density at radius 2 is 2.00 bits per heavy atom. The number of aryl methyl sites for hydroxylation is 1. The van der Waals surface area contributed by atoms with Crippen LogP contribution in [0.15, 0.2) is 23.1 Å². The summed E-state index contributed by atoms with van der Waals surface area (Å²) in [5.74, 6) is -0.430. The highest BCUT2D eigenvalue weighted by Gasteiger charge is 2.33. The normalized spacial score (nSPS) is 16.1. The van der Waals surface area contributed by atoms with E-state index in [0.29, 0.717) is 23.0 Å². The third-order valence-electron chi connectivity index (χ3n) is 4.78. The quantitative estimate of drug-likeness (QED) is 0.645. The van der Waals surface area contributed by atoms with E-state index in [4.69, 9.17) is 23.2 Å². The van der Waals surface area contributed by atoms with Gasteiger partial charge in [-0.3, -0.25) is 4.79 Å². The molecule has 1 aromatic carbocycles. The maximum Gasteiger partial charge on any atom is 0.244 e. The number of sulfonamides is 1. The van der Waals surface area contributed by atoms with Crippen LogP contribution in [0.2, 0.25) is 10.0 Å². The lowest BCUT2D eigenvalue weighted by Gasteiger charge is -2.30. The minimum Gasteiger partial charge on any atom is -0.300 e. The van der Waals surface area contributed by atoms with Gasteiger partial charge in [-0.15, -0.1) is 10.2 Å². The average molecular weight is 477 g/mol. The second kappa shape index (κ2) is 9.70. The summed E-state index contributed by atoms with van der Waals surface area (Å²) >= 11 is 13.4. The Balaban J connectivity index is 1.59. The van der Waals surface area contributed by atoms with Gasteiger partial charge in [0, 0.05) is 30.5 Å². The summed E-state index contributed by atoms with van der Waals surface area (Å²) in [4.78, 5) is 12.5. The van der Waals surface area contributed by atoms with E-state index in [2.05, 4.69) is 22.4 Å². The summed E-state index contributed by atoms with van der Waals surface area (Å²) < 4.78 is 27.1. The predicted molar refractivity (Wildman–Crippen MR) is 115 cm³/mol. The summed E-state index contributed by atoms with van der Waals surface area (Å²) in [5, 5.41) is 12.7. The van der Waals surface area contributed by atoms with Crippen LogP contribution in [0, 0.1) is 5.92 Å². The number of piperidine rings is 1. The molecule has 1 N–H and O–H groups in total. The lowest BCUT2D eigenvalue weighted by Crippen LogP contribution is -2.41. The van der Waals surface area contributed by atoms with E-state index >= 15 is 0 Å². The van der Waals surface area contributed by atoms with Crippen molar-refractivity contribution in [1.29, 1.82) is 0 Å². The third-order valence-corrected chi connectivity index (χ3v) is 8.29. The van der Waals surface area contributed by atoms with Gasteiger partial charge in [-0.1, -0.05) is 47.9 Å². The van der Waals surface area contributed by atoms with Crippen LogP contribution < -0.4 is 5.32 Å². The molecule has 7 nitrogen and oxygen atoms in total. The Bertz CT molecular complexity index is 973. The number of carbonyl (C=O) groups is 1. The van der Waals surface area contributed by atoms with Crippen LogP contribution in [-0.2, 0) is 21.2 Å². The molecule has 29 heavy (non-hydrogen) atoms. The molecule has 0 radical (unpaired) electrons. The number of nitrogens with one attached hydrogen (secondary N) is 1. The number of anilines is 1. The number of aromatic nitrogens is 2. The molecule has 0 bridgehead atoms. The summed E-state index contributed by atoms with van der Waals surface area (Å²) in [6, 6.07) is 4.36. The number of halogens is 2. The van der Waals surface area contributed by atoms with E-state index in [1.807, 2.05) is 0 Å². The number of benzene rings is 1. The van der Waals surface area contributed by atoms with Gasteiger partial charge in [0.05, 0.1) is 5.02 Å². The molecule has 0 aliphatic carbocycles. The first-order chi connectivity index (χ1) is 13.8. The molecule has 2 aromatic rings. The van der Waals surface area contributed by atoms with Crippen LogP contribution in [0.5, 0.6) is 0 Å². The summed E-state index contributed by atoms with van der Waals surface area (Å²) in [7, 11) is -3.76. The summed E-state index contributed by atoms with van der Waals surface area (Å²) in [5.41, 5.74) is 0. The van der Waals surface area contributed by atoms with Gasteiger partial charge in [-0.25, -0.2) is 8.42 Å². The van der Waals surface area contributed by atoms with E-state index in [-0.39, 0.29) is 34.8 Å². The molecule has 0 atom stereocenters. The van der Waals surface area contributed by atoms with Gasteiger partial charge in [0.1, 0.15) is 9.90 Å². The second-order valence-corrected chi connectivity index (χ2v) is 10.7. The van der Waals surface area contributed by atoms with Gasteiger partial charge >= 0.3 is 0 Å². The van der Waals surface area contributed by atoms with E-state index in [1.54, 1.807) is 6.07 Å². The standard InChI is InChI=1S/C18H22Cl2N4O3S2/c1-2-3-4-16-22-23-18(28-16)21-17(25)12-7-9-24(10-8-12)29(26,27)15-11-13(19)5-6-14(15)20/h5-6,11-12H,2-4,7-10H2,1H3,(H,21,23,25). The van der Waals surface area contributed by atoms with Crippen molar-refractivity contribution in [1.82, 2.24) is 14.5 Å². The first-order valence-corrected chi connectivity index (χ1v) is 12.4. The molecule has 1 aliphatic rings. The maximum absolute atomic E-state index is 12.9. The fraction of sp³-hybridized carbons (Fsp3) is 0.500. The van der Waals surface area contributed by atoms with Crippen molar-refractivity contribution < 1.29 is 13.2 Å². The Morgan fingerprint density at radius 1 is 1.28 bits per heavy atom. The van der Waals surface area contributed by atoms with E-state index in [9.17, 15) is 13.2 Å². The molecule has 1 aromatic heterocycles. The number of nitrogens with zero attached hydrogens (tertiary/aromatic N) is 3. The molecule has 1 fully saturated rings. The average Bonchev–Trinajstić information content (AvgIpc) is 3.15. The highest BCUT2D eigenvalue weighted by atomic mass is 35.5. The Kier molecular flexibility index (Phi) is 7.50. The van der Waals surface area contributed by atoms with Gasteiger partial charge in [0.2, 0.25) is 21.1 Å². The van der Waals surface area contributed by atoms with Gasteiger partial charge in [-0.05, 0) is 37.5 Å². The van der Waals surface area contributed by atoms with Crippen molar-refractivity contribution in [3.8, 4) is 0 Å². The number of unbranched alkanes of at least 4 members (excludes halogenated alkanes) is 1. The lowest BCUT2D eigenvalue weighted by atomic mass is 9.97. The number of amides is 1. The van der Waals surface area contributed by atoms with Crippen molar-refractivity contribution in [2.75, 3.05) is 18.4 Å². The Hall–Kier alpha value is -1.26. The van der Waals surface area contributed by atoms with Crippen molar-refractivity contribution >= 4 is 55.6 Å². The SMILES string of the molecule is CCCCc1nnc(NC(=O)C2CCN(S(=O)(=O)c3cc(Cl)ccc3Cl)CC2)s1. The molecule has 1 aliphatic heterocycles. The fourth-order valence-corrected chi connectivity index (χ4v) is 6.10. The van der Waals surface area contributed by atoms with Gasteiger partial charge in [-0.2, -0.15) is 4.31 Å². The molecule has 0 unspecified atom stereocenters. The molecule has 1 saturated heterocycles. The second-order valence-electron chi connectivity index (χ2n) is 6.85. The van der Waals surface area contributed by atoms with E-state index in [1.165, 1.54) is 27.8 Å². The number of carbonyl (C=O) groups excluding carboxylic acids is 1. The van der Waals surface area contributed by atoms with Gasteiger partial charge in [0.15, 0.2) is 0 Å². The third kappa shape index (κ3) is 5.46. The summed E-state index contributed by atoms with van der Waals surface area (Å²) in [6.07, 6.45) is 3.80. The van der Waals surface area contributed by atoms with Crippen LogP contribution in [0.3, 0.4) is 0 Å². The zero-order valence-electron chi connectivity index (χ0n) is 15.9. The molecule has 11 heteroatoms. The molecule has 3 rings (SSSR count). The largest absolute Gasteiger partial charge is 0.300 e. The summed E-state index contributed by atoms with van der Waals surface area (Å²) in [6.45, 7) is 2.58. The predicted octanol–water partition coefficient (Wildman–Crippen LogP) is 4.23. The van der Waals surface area contributed by atoms with Crippen LogP contribution in [0.1, 0.15) is 37.6 Å². The first-order valence-electron chi connectivity index (χ1n) is 9.39. The van der Waals surface area contributed by atoms with Crippen LogP contribution >= 0.6 is 34.5 Å². The molecule has 2 heterocycles. The minimum absolute atomic E-state index is 0.0111. The minimum atomic E-state index is -3.76. The molecular formula is C18H22Cl2N4O3S2. The number of hydrogen-bond acceptors (Lipinski definition) is 6. The lowest BCUT2D eigenvalue weighted by molar-refractivity contribution is -0.120. The topological polar surface area (TPSA) is 92.3 Å². The van der Waals surface area contributed by atoms with E-state index in [0.717, 1.165) is 24.3 Å². The van der Waals surface area contributed by atoms with Gasteiger partial charge in [0.25, 0.3) is 0 Å². The van der Waals surface area contributed by atoms with Gasteiger partial charge < -0.3 is 5.32 Å². The highest BCUT2D eigenvalue weighted by molar-refractivity contribution is 7.89. The van der Waals surface area contributed by atoms with Crippen molar-refractivity contribution in [3.63, 3.8) is 0 Å². The maximum atomic E-state index is 12.9. The highest BCUT2D eigenvalue weighted by Crippen LogP contribution is 2.30. The smallest absolute Gasteiger partial charge is 0.244 e. The Morgan fingerprint density at radius 3 is 2.69 bits per heavy atom. The zero-order chi connectivity index (χ0) is 21.0. The molecule has 158 valence electrons. The first kappa shape index (κ1) is 22.4. The molecule has 0 spiro atoms. The molecule has 1 amide bonds. The van der Waals surface area contributed by atoms with E-state index < -0.39 is 10.0 Å². The monoisotopic (exact) mass is 476 g/mol. The van der Waals surface area contributed by atoms with Crippen molar-refractivity contribution in [2.45, 2.75) is 43.9 Å². The molecular weight excluding hydrogens is 455 g/mol. The number of rotatable bonds is 7. The van der Waals surface area contributed by atoms with Crippen molar-refractivity contribution in [3.05, 3.63) is 33.3 Å². The van der Waals surface area contributed by atoms with Crippen LogP contribution in [-0.4, -0.2) is 41.9 Å². The number of hydrogen-bond donors (Lipinski definition) is 1. The Labute approximate surface area is 184 Å². The molecule has 0 saturated carbocycles. The van der Waals surface area contributed by atoms with Crippen molar-refractivity contribution in [2.24, 2.45) is 5.92 Å². The zero-order valence-corrected chi connectivity index (χ0v) is 19.0.